The zero-order valence-corrected chi connectivity index (χ0v) is 11.9. The van der Waals surface area contributed by atoms with E-state index < -0.39 is 6.61 Å². The molecule has 0 aliphatic rings. The maximum Gasteiger partial charge on any atom is 0.388 e. The maximum absolute atomic E-state index is 12.3. The Morgan fingerprint density at radius 3 is 2.55 bits per heavy atom. The van der Waals surface area contributed by atoms with Crippen molar-refractivity contribution in [3.05, 3.63) is 22.3 Å². The Bertz CT molecular complexity index is 634. The molecule has 0 amide bonds. The van der Waals surface area contributed by atoms with Crippen molar-refractivity contribution in [2.45, 2.75) is 6.61 Å². The fourth-order valence-electron chi connectivity index (χ4n) is 1.58. The molecule has 5 nitrogen and oxygen atoms in total. The van der Waals surface area contributed by atoms with Crippen molar-refractivity contribution in [3.63, 3.8) is 0 Å². The van der Waals surface area contributed by atoms with Crippen LogP contribution in [-0.4, -0.2) is 28.5 Å². The summed E-state index contributed by atoms with van der Waals surface area (Å²) in [5, 5.41) is 4.03. The molecule has 0 aliphatic heterocycles. The van der Waals surface area contributed by atoms with E-state index in [4.69, 9.17) is 27.9 Å². The lowest BCUT2D eigenvalue weighted by molar-refractivity contribution is -0.0552. The zero-order valence-electron chi connectivity index (χ0n) is 10.4. The predicted molar refractivity (Wildman–Crippen MR) is 69.6 cm³/mol. The Morgan fingerprint density at radius 1 is 1.30 bits per heavy atom. The molecule has 0 spiro atoms. The number of ether oxygens (including phenoxy) is 2. The molecule has 108 valence electrons. The minimum atomic E-state index is -3.00. The minimum absolute atomic E-state index is 0.0679. The van der Waals surface area contributed by atoms with Gasteiger partial charge in [-0.05, 0) is 6.07 Å². The van der Waals surface area contributed by atoms with E-state index in [1.807, 2.05) is 0 Å². The Morgan fingerprint density at radius 2 is 2.00 bits per heavy atom. The number of halogens is 4. The van der Waals surface area contributed by atoms with Crippen molar-refractivity contribution in [2.24, 2.45) is 7.05 Å². The van der Waals surface area contributed by atoms with Crippen LogP contribution in [-0.2, 0) is 7.05 Å². The van der Waals surface area contributed by atoms with Gasteiger partial charge in [0.1, 0.15) is 15.9 Å². The van der Waals surface area contributed by atoms with Gasteiger partial charge in [-0.1, -0.05) is 23.2 Å². The fourth-order valence-corrected chi connectivity index (χ4v) is 2.12. The lowest BCUT2D eigenvalue weighted by atomic mass is 10.2. The highest BCUT2D eigenvalue weighted by atomic mass is 35.5. The standard InChI is InChI=1S/C11H9Cl2F2N3O2/c1-18-10(20-11(14)15)7(12)8(17-18)5-3-4-6(19-2)16-9(5)13/h3-4,11H,1-2H3. The molecule has 2 rings (SSSR count). The van der Waals surface area contributed by atoms with Gasteiger partial charge < -0.3 is 9.47 Å². The molecule has 0 unspecified atom stereocenters. The first-order valence-corrected chi connectivity index (χ1v) is 6.07. The van der Waals surface area contributed by atoms with Gasteiger partial charge in [-0.15, -0.1) is 0 Å². The molecule has 0 saturated heterocycles. The summed E-state index contributed by atoms with van der Waals surface area (Å²) in [4.78, 5) is 3.96. The monoisotopic (exact) mass is 323 g/mol. The van der Waals surface area contributed by atoms with Crippen LogP contribution in [0.25, 0.3) is 11.3 Å². The summed E-state index contributed by atoms with van der Waals surface area (Å²) in [7, 11) is 2.87. The minimum Gasteiger partial charge on any atom is -0.481 e. The largest absolute Gasteiger partial charge is 0.481 e. The molecule has 0 aliphatic carbocycles. The summed E-state index contributed by atoms with van der Waals surface area (Å²) in [5.41, 5.74) is 0.585. The SMILES string of the molecule is COc1ccc(-c2nn(C)c(OC(F)F)c2Cl)c(Cl)n1. The van der Waals surface area contributed by atoms with Crippen LogP contribution in [0, 0.1) is 0 Å². The Balaban J connectivity index is 2.48. The normalized spacial score (nSPS) is 10.9. The van der Waals surface area contributed by atoms with Crippen molar-refractivity contribution in [1.82, 2.24) is 14.8 Å². The van der Waals surface area contributed by atoms with Gasteiger partial charge in [-0.2, -0.15) is 13.9 Å². The molecule has 2 aromatic rings. The van der Waals surface area contributed by atoms with Gasteiger partial charge in [0.15, 0.2) is 0 Å². The summed E-state index contributed by atoms with van der Waals surface area (Å²) in [6.45, 7) is -3.00. The zero-order chi connectivity index (χ0) is 14.9. The van der Waals surface area contributed by atoms with Crippen LogP contribution in [0.4, 0.5) is 8.78 Å². The van der Waals surface area contributed by atoms with Gasteiger partial charge >= 0.3 is 6.61 Å². The number of methoxy groups -OCH3 is 1. The number of pyridine rings is 1. The third-order valence-corrected chi connectivity index (χ3v) is 3.06. The van der Waals surface area contributed by atoms with Crippen LogP contribution in [0.3, 0.4) is 0 Å². The highest BCUT2D eigenvalue weighted by molar-refractivity contribution is 6.36. The van der Waals surface area contributed by atoms with Gasteiger partial charge in [0.2, 0.25) is 11.8 Å². The predicted octanol–water partition coefficient (Wildman–Crippen LogP) is 3.40. The molecule has 0 radical (unpaired) electrons. The van der Waals surface area contributed by atoms with Crippen molar-refractivity contribution in [1.29, 1.82) is 0 Å². The number of alkyl halides is 2. The number of aryl methyl sites for hydroxylation is 1. The van der Waals surface area contributed by atoms with Gasteiger partial charge in [-0.25, -0.2) is 9.67 Å². The van der Waals surface area contributed by atoms with E-state index in [0.717, 1.165) is 4.68 Å². The molecular weight excluding hydrogens is 315 g/mol. The fraction of sp³-hybridized carbons (Fsp3) is 0.273. The first-order chi connectivity index (χ1) is 9.43. The second-order valence-corrected chi connectivity index (χ2v) is 4.40. The van der Waals surface area contributed by atoms with Crippen LogP contribution in [0.15, 0.2) is 12.1 Å². The van der Waals surface area contributed by atoms with E-state index in [0.29, 0.717) is 11.4 Å². The van der Waals surface area contributed by atoms with Crippen LogP contribution in [0.2, 0.25) is 10.2 Å². The molecule has 0 bridgehead atoms. The van der Waals surface area contributed by atoms with E-state index in [1.165, 1.54) is 14.2 Å². The van der Waals surface area contributed by atoms with Crippen LogP contribution in [0.1, 0.15) is 0 Å². The molecular formula is C11H9Cl2F2N3O2. The summed E-state index contributed by atoms with van der Waals surface area (Å²) < 4.78 is 34.9. The topological polar surface area (TPSA) is 49.2 Å². The maximum atomic E-state index is 12.3. The lowest BCUT2D eigenvalue weighted by Crippen LogP contribution is -2.06. The van der Waals surface area contributed by atoms with E-state index in [2.05, 4.69) is 14.8 Å². The third-order valence-electron chi connectivity index (χ3n) is 2.43. The number of hydrogen-bond donors (Lipinski definition) is 0. The van der Waals surface area contributed by atoms with Crippen LogP contribution < -0.4 is 9.47 Å². The Hall–Kier alpha value is -1.60. The summed E-state index contributed by atoms with van der Waals surface area (Å²) in [6.07, 6.45) is 0. The molecule has 0 N–H and O–H groups in total. The van der Waals surface area contributed by atoms with Crippen LogP contribution in [0.5, 0.6) is 11.8 Å². The molecule has 0 fully saturated rings. The summed E-state index contributed by atoms with van der Waals surface area (Å²) >= 11 is 12.0. The van der Waals surface area contributed by atoms with Gasteiger partial charge in [0.05, 0.1) is 7.11 Å². The second kappa shape index (κ2) is 5.80. The lowest BCUT2D eigenvalue weighted by Gasteiger charge is -2.04. The van der Waals surface area contributed by atoms with Crippen molar-refractivity contribution >= 4 is 23.2 Å². The molecule has 0 atom stereocenters. The molecule has 2 heterocycles. The van der Waals surface area contributed by atoms with E-state index in [-0.39, 0.29) is 21.7 Å². The molecule has 0 aromatic carbocycles. The third kappa shape index (κ3) is 2.78. The summed E-state index contributed by atoms with van der Waals surface area (Å²) in [5.74, 6) is 0.0680. The number of hydrogen-bond acceptors (Lipinski definition) is 4. The van der Waals surface area contributed by atoms with Crippen molar-refractivity contribution < 1.29 is 18.3 Å². The van der Waals surface area contributed by atoms with E-state index in [9.17, 15) is 8.78 Å². The van der Waals surface area contributed by atoms with Crippen molar-refractivity contribution in [2.75, 3.05) is 7.11 Å². The Kier molecular flexibility index (Phi) is 4.29. The van der Waals surface area contributed by atoms with Gasteiger partial charge in [0.25, 0.3) is 0 Å². The first kappa shape index (κ1) is 14.8. The number of nitrogens with zero attached hydrogens (tertiary/aromatic N) is 3. The number of rotatable bonds is 4. The smallest absolute Gasteiger partial charge is 0.388 e. The van der Waals surface area contributed by atoms with Gasteiger partial charge in [0, 0.05) is 18.7 Å². The Labute approximate surface area is 123 Å². The van der Waals surface area contributed by atoms with Crippen molar-refractivity contribution in [3.8, 4) is 23.0 Å². The molecule has 0 saturated carbocycles. The quantitative estimate of drug-likeness (QED) is 0.809. The van der Waals surface area contributed by atoms with Gasteiger partial charge in [-0.3, -0.25) is 0 Å². The molecule has 2 aromatic heterocycles. The molecule has 9 heteroatoms. The van der Waals surface area contributed by atoms with E-state index in [1.54, 1.807) is 12.1 Å². The summed E-state index contributed by atoms with van der Waals surface area (Å²) in [6, 6.07) is 3.13. The first-order valence-electron chi connectivity index (χ1n) is 5.32. The van der Waals surface area contributed by atoms with E-state index >= 15 is 0 Å². The molecule has 20 heavy (non-hydrogen) atoms. The number of aromatic nitrogens is 3. The average Bonchev–Trinajstić information content (AvgIpc) is 2.66. The second-order valence-electron chi connectivity index (χ2n) is 3.66. The van der Waals surface area contributed by atoms with Crippen LogP contribution >= 0.6 is 23.2 Å². The highest BCUT2D eigenvalue weighted by Gasteiger charge is 2.22. The average molecular weight is 324 g/mol. The highest BCUT2D eigenvalue weighted by Crippen LogP contribution is 2.38.